The number of hydrogen-bond donors (Lipinski definition) is 0. The summed E-state index contributed by atoms with van der Waals surface area (Å²) >= 11 is 0. The minimum atomic E-state index is -6.07. The van der Waals surface area contributed by atoms with Crippen molar-refractivity contribution in [2.75, 3.05) is 9.80 Å². The third-order valence-corrected chi connectivity index (χ3v) is 13.0. The summed E-state index contributed by atoms with van der Waals surface area (Å²) in [6.45, 7) is 6.24. The van der Waals surface area contributed by atoms with Crippen LogP contribution in [0.3, 0.4) is 0 Å². The number of para-hydroxylation sites is 3. The fraction of sp³-hybridized carbons (Fsp3) is 0.103. The maximum Gasteiger partial charge on any atom is 0.534 e. The Morgan fingerprint density at radius 2 is 1.12 bits per heavy atom. The average molecular weight is 925 g/mol. The van der Waals surface area contributed by atoms with Crippen molar-refractivity contribution in [2.45, 2.75) is 38.6 Å². The van der Waals surface area contributed by atoms with Crippen LogP contribution >= 0.6 is 0 Å². The normalized spacial score (nSPS) is 13.8. The summed E-state index contributed by atoms with van der Waals surface area (Å²) < 4.78 is 78.4. The van der Waals surface area contributed by atoms with Gasteiger partial charge in [0.2, 0.25) is 0 Å². The summed E-state index contributed by atoms with van der Waals surface area (Å²) in [7, 11) is -6.07. The lowest BCUT2D eigenvalue weighted by Gasteiger charge is -2.32. The third kappa shape index (κ3) is 9.54. The first-order valence-electron chi connectivity index (χ1n) is 22.2. The molecule has 8 aromatic carbocycles. The van der Waals surface area contributed by atoms with E-state index in [-0.39, 0.29) is 11.6 Å². The number of furan rings is 1. The molecule has 10 heteroatoms. The number of hydrogen-bond acceptors (Lipinski definition) is 6. The molecule has 0 aliphatic heterocycles. The van der Waals surface area contributed by atoms with E-state index in [9.17, 15) is 21.6 Å². The highest BCUT2D eigenvalue weighted by atomic mass is 32.2. The molecule has 0 radical (unpaired) electrons. The molecular weight excluding hydrogens is 878 g/mol. The zero-order valence-electron chi connectivity index (χ0n) is 37.6. The third-order valence-electron chi connectivity index (χ3n) is 12.0. The molecule has 0 spiro atoms. The Bertz CT molecular complexity index is 3390. The summed E-state index contributed by atoms with van der Waals surface area (Å²) in [6, 6.07) is 63.1. The molecule has 10 rings (SSSR count). The number of nitrogens with zero attached hydrogens (tertiary/aromatic N) is 2. The summed E-state index contributed by atoms with van der Waals surface area (Å²) in [4.78, 5) is 3.58. The lowest BCUT2D eigenvalue weighted by Crippen LogP contribution is -2.28. The Kier molecular flexibility index (Phi) is 12.8. The van der Waals surface area contributed by atoms with E-state index in [2.05, 4.69) is 69.3 Å². The monoisotopic (exact) mass is 924 g/mol. The molecule has 0 fully saturated rings. The lowest BCUT2D eigenvalue weighted by atomic mass is 9.83. The Morgan fingerprint density at radius 3 is 1.78 bits per heavy atom. The highest BCUT2D eigenvalue weighted by Crippen LogP contribution is 2.46. The number of benzene rings is 8. The summed E-state index contributed by atoms with van der Waals surface area (Å²) in [6.07, 6.45) is 4.86. The van der Waals surface area contributed by atoms with E-state index in [1.807, 2.05) is 126 Å². The standard InChI is InChI=1S/C45H37F3N2O3S.C13H10O/c1-32-14-12-13-21-41(32)42-28-26-39(30-33(42)2)49(36-17-8-4-9-18-36)40-27-29-43(44(31-40)53-54(51,52)45(46,47)48)50(37-19-10-5-11-20-37)38-24-22-35(23-25-38)34-15-6-3-7-16-34;1-9-6-7-11-10-4-2-3-5-12(10)14-13(11)8-9/h3-27,29-31,42H,28H2,1-2H3;2-8H,1H3. The highest BCUT2D eigenvalue weighted by molar-refractivity contribution is 7.88. The molecule has 340 valence electrons. The Balaban J connectivity index is 0.000000348. The molecular formula is C58H47F3N2O4S. The molecule has 1 heterocycles. The van der Waals surface area contributed by atoms with Crippen LogP contribution in [-0.2, 0) is 10.1 Å². The van der Waals surface area contributed by atoms with Gasteiger partial charge in [-0.3, -0.25) is 0 Å². The fourth-order valence-corrected chi connectivity index (χ4v) is 9.14. The van der Waals surface area contributed by atoms with Crippen molar-refractivity contribution < 1.29 is 30.2 Å². The number of allylic oxidation sites excluding steroid dienone is 3. The van der Waals surface area contributed by atoms with E-state index < -0.39 is 21.4 Å². The van der Waals surface area contributed by atoms with E-state index in [1.54, 1.807) is 41.3 Å². The largest absolute Gasteiger partial charge is 0.534 e. The van der Waals surface area contributed by atoms with Gasteiger partial charge in [-0.1, -0.05) is 145 Å². The van der Waals surface area contributed by atoms with Gasteiger partial charge in [0.05, 0.1) is 11.4 Å². The molecule has 1 aromatic heterocycles. The van der Waals surface area contributed by atoms with Crippen molar-refractivity contribution in [3.8, 4) is 16.9 Å². The van der Waals surface area contributed by atoms with Gasteiger partial charge in [0.1, 0.15) is 11.2 Å². The second-order valence-corrected chi connectivity index (χ2v) is 18.2. The summed E-state index contributed by atoms with van der Waals surface area (Å²) in [5, 5.41) is 2.40. The second-order valence-electron chi connectivity index (χ2n) is 16.7. The zero-order chi connectivity index (χ0) is 47.4. The van der Waals surface area contributed by atoms with Crippen molar-refractivity contribution in [2.24, 2.45) is 0 Å². The van der Waals surface area contributed by atoms with Crippen LogP contribution in [0.2, 0.25) is 0 Å². The maximum atomic E-state index is 14.0. The summed E-state index contributed by atoms with van der Waals surface area (Å²) in [5.74, 6) is -0.338. The molecule has 6 nitrogen and oxygen atoms in total. The van der Waals surface area contributed by atoms with Gasteiger partial charge in [0.15, 0.2) is 5.75 Å². The van der Waals surface area contributed by atoms with Gasteiger partial charge >= 0.3 is 15.6 Å². The first kappa shape index (κ1) is 45.3. The van der Waals surface area contributed by atoms with Gasteiger partial charge in [-0.05, 0) is 122 Å². The minimum Gasteiger partial charge on any atom is -0.456 e. The minimum absolute atomic E-state index is 0.0993. The number of halogens is 3. The fourth-order valence-electron chi connectivity index (χ4n) is 8.68. The van der Waals surface area contributed by atoms with Crippen LogP contribution in [0.15, 0.2) is 228 Å². The summed E-state index contributed by atoms with van der Waals surface area (Å²) in [5.41, 5.74) is 6.17. The molecule has 0 bridgehead atoms. The Labute approximate surface area is 394 Å². The molecule has 68 heavy (non-hydrogen) atoms. The van der Waals surface area contributed by atoms with E-state index in [4.69, 9.17) is 8.60 Å². The molecule has 0 saturated carbocycles. The SMILES string of the molecule is CC1=CC(N(c2ccccc2)c2ccc(N(c3ccccc3)c3ccc(-c4ccccc4)cc3)c(OS(=O)(=O)C(F)(F)F)c2)=CCC1c1ccccc1C.Cc1ccc2c(c1)oc1ccccc12. The number of rotatable bonds is 10. The number of fused-ring (bicyclic) bond motifs is 3. The quantitative estimate of drug-likeness (QED) is 0.101. The smallest absolute Gasteiger partial charge is 0.456 e. The first-order chi connectivity index (χ1) is 32.8. The molecule has 1 aliphatic rings. The van der Waals surface area contributed by atoms with Crippen molar-refractivity contribution in [1.82, 2.24) is 0 Å². The maximum absolute atomic E-state index is 14.0. The van der Waals surface area contributed by atoms with E-state index in [0.717, 1.165) is 39.3 Å². The van der Waals surface area contributed by atoms with Gasteiger partial charge in [-0.25, -0.2) is 0 Å². The van der Waals surface area contributed by atoms with Crippen LogP contribution < -0.4 is 14.0 Å². The number of alkyl halides is 3. The Morgan fingerprint density at radius 1 is 0.559 bits per heavy atom. The second kappa shape index (κ2) is 19.2. The van der Waals surface area contributed by atoms with E-state index >= 15 is 0 Å². The highest BCUT2D eigenvalue weighted by Gasteiger charge is 2.49. The van der Waals surface area contributed by atoms with Crippen molar-refractivity contribution in [3.05, 3.63) is 240 Å². The van der Waals surface area contributed by atoms with Gasteiger partial charge in [-0.15, -0.1) is 0 Å². The van der Waals surface area contributed by atoms with Crippen LogP contribution in [0.5, 0.6) is 5.75 Å². The van der Waals surface area contributed by atoms with Gasteiger partial charge in [0, 0.05) is 45.5 Å². The van der Waals surface area contributed by atoms with Crippen LogP contribution in [0.25, 0.3) is 33.1 Å². The van der Waals surface area contributed by atoms with E-state index in [1.165, 1.54) is 33.5 Å². The number of aryl methyl sites for hydroxylation is 2. The van der Waals surface area contributed by atoms with Gasteiger partial charge in [-0.2, -0.15) is 21.6 Å². The lowest BCUT2D eigenvalue weighted by molar-refractivity contribution is -0.0499. The molecule has 0 saturated heterocycles. The van der Waals surface area contributed by atoms with Crippen molar-refractivity contribution >= 4 is 60.5 Å². The average Bonchev–Trinajstić information content (AvgIpc) is 3.71. The van der Waals surface area contributed by atoms with Crippen LogP contribution in [0.1, 0.15) is 36.0 Å². The van der Waals surface area contributed by atoms with Crippen LogP contribution in [-0.4, -0.2) is 13.9 Å². The molecule has 0 amide bonds. The van der Waals surface area contributed by atoms with E-state index in [0.29, 0.717) is 23.5 Å². The number of anilines is 5. The molecule has 1 aliphatic carbocycles. The van der Waals surface area contributed by atoms with Crippen molar-refractivity contribution in [1.29, 1.82) is 0 Å². The predicted molar refractivity (Wildman–Crippen MR) is 270 cm³/mol. The first-order valence-corrected chi connectivity index (χ1v) is 23.6. The molecule has 0 N–H and O–H groups in total. The zero-order valence-corrected chi connectivity index (χ0v) is 38.4. The molecule has 1 unspecified atom stereocenters. The van der Waals surface area contributed by atoms with Gasteiger partial charge in [0.25, 0.3) is 0 Å². The van der Waals surface area contributed by atoms with Crippen LogP contribution in [0, 0.1) is 13.8 Å². The van der Waals surface area contributed by atoms with Crippen LogP contribution in [0.4, 0.5) is 41.6 Å². The molecule has 1 atom stereocenters. The van der Waals surface area contributed by atoms with Crippen molar-refractivity contribution in [3.63, 3.8) is 0 Å². The predicted octanol–water partition coefficient (Wildman–Crippen LogP) is 16.4. The molecule has 9 aromatic rings. The van der Waals surface area contributed by atoms with Gasteiger partial charge < -0.3 is 18.4 Å². The topological polar surface area (TPSA) is 63.0 Å². The Hall–Kier alpha value is -7.82.